The minimum Gasteiger partial charge on any atom is -0.508 e. The maximum absolute atomic E-state index is 9.68. The Morgan fingerprint density at radius 3 is 1.55 bits per heavy atom. The molecule has 0 saturated heterocycles. The summed E-state index contributed by atoms with van der Waals surface area (Å²) >= 11 is 0. The molecular formula is C36H26N2O4. The van der Waals surface area contributed by atoms with Crippen molar-refractivity contribution in [1.29, 1.82) is 10.5 Å². The molecule has 6 aromatic carbocycles. The lowest BCUT2D eigenvalue weighted by Crippen LogP contribution is -1.90. The van der Waals surface area contributed by atoms with E-state index in [4.69, 9.17) is 14.7 Å². The van der Waals surface area contributed by atoms with Crippen molar-refractivity contribution < 1.29 is 19.7 Å². The third-order valence-corrected chi connectivity index (χ3v) is 7.05. The number of nitriles is 2. The normalized spacial score (nSPS) is 10.3. The maximum atomic E-state index is 9.68. The van der Waals surface area contributed by atoms with Gasteiger partial charge in [0, 0.05) is 10.8 Å². The first-order chi connectivity index (χ1) is 20.4. The van der Waals surface area contributed by atoms with Crippen molar-refractivity contribution in [3.05, 3.63) is 120 Å². The zero-order valence-electron chi connectivity index (χ0n) is 23.0. The molecule has 0 unspecified atom stereocenters. The molecule has 0 heterocycles. The molecule has 0 bridgehead atoms. The van der Waals surface area contributed by atoms with E-state index in [9.17, 15) is 15.5 Å². The second kappa shape index (κ2) is 12.0. The Hall–Kier alpha value is -5.98. The van der Waals surface area contributed by atoms with Crippen LogP contribution in [0.3, 0.4) is 0 Å². The number of fused-ring (bicyclic) bond motifs is 2. The number of benzene rings is 6. The average molecular weight is 551 g/mol. The van der Waals surface area contributed by atoms with Crippen molar-refractivity contribution in [3.63, 3.8) is 0 Å². The second-order valence-electron chi connectivity index (χ2n) is 9.47. The standard InChI is InChI=1S/C19H15NO2.C17H11NO2/c1-21-16-7-3-13(4-8-16)14-5-9-17-15(11-14)6-10-19(22-2)18(17)12-20;18-10-16-15-7-3-12(9-13(15)4-8-17(16)20)11-1-5-14(19)6-2-11/h3-11H,1-2H3;1-9,19-20H. The van der Waals surface area contributed by atoms with Crippen LogP contribution in [0, 0.1) is 22.7 Å². The van der Waals surface area contributed by atoms with E-state index in [0.717, 1.165) is 49.5 Å². The van der Waals surface area contributed by atoms with Gasteiger partial charge in [0.15, 0.2) is 0 Å². The lowest BCUT2D eigenvalue weighted by Gasteiger charge is -2.09. The van der Waals surface area contributed by atoms with Crippen molar-refractivity contribution in [1.82, 2.24) is 0 Å². The van der Waals surface area contributed by atoms with Crippen molar-refractivity contribution in [2.24, 2.45) is 0 Å². The van der Waals surface area contributed by atoms with Crippen LogP contribution in [0.5, 0.6) is 23.0 Å². The van der Waals surface area contributed by atoms with Crippen LogP contribution >= 0.6 is 0 Å². The maximum Gasteiger partial charge on any atom is 0.137 e. The fraction of sp³-hybridized carbons (Fsp3) is 0.0556. The van der Waals surface area contributed by atoms with Gasteiger partial charge in [0.2, 0.25) is 0 Å². The van der Waals surface area contributed by atoms with Crippen LogP contribution in [0.2, 0.25) is 0 Å². The molecule has 0 atom stereocenters. The number of hydrogen-bond donors (Lipinski definition) is 2. The van der Waals surface area contributed by atoms with E-state index in [1.807, 2.05) is 84.9 Å². The molecule has 42 heavy (non-hydrogen) atoms. The number of hydrogen-bond acceptors (Lipinski definition) is 6. The van der Waals surface area contributed by atoms with Crippen LogP contribution in [0.25, 0.3) is 43.8 Å². The molecular weight excluding hydrogens is 524 g/mol. The van der Waals surface area contributed by atoms with Crippen molar-refractivity contribution in [2.45, 2.75) is 0 Å². The molecule has 0 fully saturated rings. The zero-order valence-corrected chi connectivity index (χ0v) is 23.0. The van der Waals surface area contributed by atoms with Gasteiger partial charge in [0.25, 0.3) is 0 Å². The van der Waals surface area contributed by atoms with E-state index < -0.39 is 0 Å². The van der Waals surface area contributed by atoms with Gasteiger partial charge in [-0.15, -0.1) is 0 Å². The van der Waals surface area contributed by atoms with Gasteiger partial charge in [-0.1, -0.05) is 60.7 Å². The molecule has 0 aliphatic carbocycles. The Morgan fingerprint density at radius 1 is 0.524 bits per heavy atom. The first-order valence-electron chi connectivity index (χ1n) is 13.1. The number of ether oxygens (including phenoxy) is 2. The highest BCUT2D eigenvalue weighted by atomic mass is 16.5. The average Bonchev–Trinajstić information content (AvgIpc) is 3.04. The summed E-state index contributed by atoms with van der Waals surface area (Å²) < 4.78 is 10.4. The molecule has 0 radical (unpaired) electrons. The van der Waals surface area contributed by atoms with Crippen molar-refractivity contribution >= 4 is 21.5 Å². The Bertz CT molecular complexity index is 1980. The molecule has 0 amide bonds. The van der Waals surface area contributed by atoms with Gasteiger partial charge in [-0.2, -0.15) is 10.5 Å². The lowest BCUT2D eigenvalue weighted by molar-refractivity contribution is 0.414. The summed E-state index contributed by atoms with van der Waals surface area (Å²) in [7, 11) is 3.23. The molecule has 0 aliphatic heterocycles. The Kier molecular flexibility index (Phi) is 7.91. The highest BCUT2D eigenvalue weighted by Gasteiger charge is 2.10. The molecule has 6 aromatic rings. The first-order valence-corrected chi connectivity index (χ1v) is 13.1. The molecule has 0 spiro atoms. The fourth-order valence-electron chi connectivity index (χ4n) is 4.83. The molecule has 6 heteroatoms. The summed E-state index contributed by atoms with van der Waals surface area (Å²) in [6.45, 7) is 0. The van der Waals surface area contributed by atoms with Crippen LogP contribution in [0.15, 0.2) is 109 Å². The van der Waals surface area contributed by atoms with Gasteiger partial charge in [-0.05, 0) is 81.6 Å². The molecule has 0 aliphatic rings. The third-order valence-electron chi connectivity index (χ3n) is 7.05. The SMILES string of the molecule is COc1ccc(-c2ccc3c(C#N)c(OC)ccc3c2)cc1.N#Cc1c(O)ccc2cc(-c3ccc(O)cc3)ccc12. The van der Waals surface area contributed by atoms with Crippen LogP contribution in [0.4, 0.5) is 0 Å². The highest BCUT2D eigenvalue weighted by molar-refractivity contribution is 5.94. The van der Waals surface area contributed by atoms with E-state index in [-0.39, 0.29) is 11.5 Å². The van der Waals surface area contributed by atoms with E-state index in [2.05, 4.69) is 12.1 Å². The minimum absolute atomic E-state index is 0.00242. The van der Waals surface area contributed by atoms with Gasteiger partial charge in [0.1, 0.15) is 46.3 Å². The first kappa shape index (κ1) is 27.6. The quantitative estimate of drug-likeness (QED) is 0.229. The van der Waals surface area contributed by atoms with Gasteiger partial charge in [-0.25, -0.2) is 0 Å². The Morgan fingerprint density at radius 2 is 1.02 bits per heavy atom. The molecule has 0 aromatic heterocycles. The van der Waals surface area contributed by atoms with Gasteiger partial charge in [0.05, 0.1) is 14.2 Å². The molecule has 204 valence electrons. The second-order valence-corrected chi connectivity index (χ2v) is 9.47. The summed E-state index contributed by atoms with van der Waals surface area (Å²) in [6.07, 6.45) is 0. The molecule has 2 N–H and O–H groups in total. The Labute approximate surface area is 243 Å². The van der Waals surface area contributed by atoms with E-state index >= 15 is 0 Å². The van der Waals surface area contributed by atoms with E-state index in [0.29, 0.717) is 16.9 Å². The summed E-state index contributed by atoms with van der Waals surface area (Å²) in [5.74, 6) is 1.66. The highest BCUT2D eigenvalue weighted by Crippen LogP contribution is 2.32. The van der Waals surface area contributed by atoms with E-state index in [1.54, 1.807) is 32.4 Å². The number of nitrogens with zero attached hydrogens (tertiary/aromatic N) is 2. The smallest absolute Gasteiger partial charge is 0.137 e. The predicted octanol–water partition coefficient (Wildman–Crippen LogP) is 8.19. The zero-order chi connectivity index (χ0) is 29.6. The lowest BCUT2D eigenvalue weighted by atomic mass is 9.98. The van der Waals surface area contributed by atoms with Gasteiger partial charge < -0.3 is 19.7 Å². The summed E-state index contributed by atoms with van der Waals surface area (Å²) in [5, 5.41) is 41.0. The topological polar surface area (TPSA) is 106 Å². The largest absolute Gasteiger partial charge is 0.508 e. The van der Waals surface area contributed by atoms with Crippen molar-refractivity contribution in [3.8, 4) is 57.4 Å². The number of phenolic OH excluding ortho intramolecular Hbond substituents is 2. The number of methoxy groups -OCH3 is 2. The summed E-state index contributed by atoms with van der Waals surface area (Å²) in [4.78, 5) is 0. The third kappa shape index (κ3) is 5.51. The van der Waals surface area contributed by atoms with Gasteiger partial charge in [-0.3, -0.25) is 0 Å². The number of rotatable bonds is 4. The molecule has 0 saturated carbocycles. The fourth-order valence-corrected chi connectivity index (χ4v) is 4.83. The molecule has 6 nitrogen and oxygen atoms in total. The summed E-state index contributed by atoms with van der Waals surface area (Å²) in [5.41, 5.74) is 5.05. The van der Waals surface area contributed by atoms with E-state index in [1.165, 1.54) is 6.07 Å². The van der Waals surface area contributed by atoms with Crippen LogP contribution in [0.1, 0.15) is 11.1 Å². The monoisotopic (exact) mass is 550 g/mol. The van der Waals surface area contributed by atoms with Gasteiger partial charge >= 0.3 is 0 Å². The van der Waals surface area contributed by atoms with Crippen LogP contribution < -0.4 is 9.47 Å². The predicted molar refractivity (Wildman–Crippen MR) is 165 cm³/mol. The Balaban J connectivity index is 0.000000169. The van der Waals surface area contributed by atoms with Crippen molar-refractivity contribution in [2.75, 3.05) is 14.2 Å². The number of phenols is 2. The molecule has 6 rings (SSSR count). The van der Waals surface area contributed by atoms with Crippen LogP contribution in [-0.4, -0.2) is 24.4 Å². The minimum atomic E-state index is -0.00242. The number of aromatic hydroxyl groups is 2. The van der Waals surface area contributed by atoms with Crippen LogP contribution in [-0.2, 0) is 0 Å². The summed E-state index contributed by atoms with van der Waals surface area (Å²) in [6, 6.07) is 38.0.